The third-order valence-electron chi connectivity index (χ3n) is 3.41. The van der Waals surface area contributed by atoms with Gasteiger partial charge in [-0.2, -0.15) is 13.2 Å². The van der Waals surface area contributed by atoms with Crippen molar-refractivity contribution in [1.82, 2.24) is 4.90 Å². The number of nitrogen functional groups attached to an aromatic ring is 1. The molecule has 3 N–H and O–H groups in total. The Kier molecular flexibility index (Phi) is 4.41. The lowest BCUT2D eigenvalue weighted by Crippen LogP contribution is -2.35. The monoisotopic (exact) mass is 301 g/mol. The van der Waals surface area contributed by atoms with Crippen LogP contribution in [0.5, 0.6) is 5.75 Å². The van der Waals surface area contributed by atoms with Gasteiger partial charge in [0.05, 0.1) is 13.7 Å². The molecule has 4 nitrogen and oxygen atoms in total. The largest absolute Gasteiger partial charge is 0.496 e. The van der Waals surface area contributed by atoms with Crippen LogP contribution in [0, 0.1) is 5.41 Å². The van der Waals surface area contributed by atoms with E-state index in [4.69, 9.17) is 15.9 Å². The van der Waals surface area contributed by atoms with Gasteiger partial charge in [-0.15, -0.1) is 0 Å². The van der Waals surface area contributed by atoms with Gasteiger partial charge >= 0.3 is 6.18 Å². The topological polar surface area (TPSA) is 62.3 Å². The second kappa shape index (κ2) is 5.93. The van der Waals surface area contributed by atoms with E-state index < -0.39 is 12.7 Å². The number of nitrogens with two attached hydrogens (primary N) is 1. The first-order valence-corrected chi connectivity index (χ1v) is 6.62. The SMILES string of the molecule is COc1ccc(C(=N)N)cc1CN(CC(F)(F)F)C1CC1. The van der Waals surface area contributed by atoms with E-state index in [2.05, 4.69) is 0 Å². The van der Waals surface area contributed by atoms with E-state index in [0.29, 0.717) is 16.9 Å². The van der Waals surface area contributed by atoms with E-state index in [1.165, 1.54) is 12.0 Å². The highest BCUT2D eigenvalue weighted by atomic mass is 19.4. The fraction of sp³-hybridized carbons (Fsp3) is 0.500. The highest BCUT2D eigenvalue weighted by Crippen LogP contribution is 2.33. The fourth-order valence-corrected chi connectivity index (χ4v) is 2.27. The first kappa shape index (κ1) is 15.6. The maximum atomic E-state index is 12.7. The molecule has 7 heteroatoms. The quantitative estimate of drug-likeness (QED) is 0.627. The van der Waals surface area contributed by atoms with Crippen LogP contribution in [0.2, 0.25) is 0 Å². The van der Waals surface area contributed by atoms with Crippen LogP contribution >= 0.6 is 0 Å². The van der Waals surface area contributed by atoms with Crippen LogP contribution < -0.4 is 10.5 Å². The van der Waals surface area contributed by atoms with Gasteiger partial charge in [0.15, 0.2) is 0 Å². The molecule has 1 aliphatic rings. The van der Waals surface area contributed by atoms with Crippen molar-refractivity contribution < 1.29 is 17.9 Å². The van der Waals surface area contributed by atoms with E-state index in [9.17, 15) is 13.2 Å². The number of amidine groups is 1. The summed E-state index contributed by atoms with van der Waals surface area (Å²) in [6.45, 7) is -0.806. The predicted molar refractivity (Wildman–Crippen MR) is 73.5 cm³/mol. The Bertz CT molecular complexity index is 527. The molecule has 0 radical (unpaired) electrons. The molecule has 116 valence electrons. The molecule has 1 aromatic carbocycles. The van der Waals surface area contributed by atoms with E-state index in [-0.39, 0.29) is 18.4 Å². The van der Waals surface area contributed by atoms with Crippen molar-refractivity contribution in [3.05, 3.63) is 29.3 Å². The second-order valence-electron chi connectivity index (χ2n) is 5.19. The molecule has 0 bridgehead atoms. The molecular formula is C14H18F3N3O. The Labute approximate surface area is 121 Å². The number of alkyl halides is 3. The number of ether oxygens (including phenoxy) is 1. The molecule has 0 unspecified atom stereocenters. The summed E-state index contributed by atoms with van der Waals surface area (Å²) in [5.41, 5.74) is 6.52. The van der Waals surface area contributed by atoms with Crippen molar-refractivity contribution in [2.24, 2.45) is 5.73 Å². The maximum absolute atomic E-state index is 12.7. The molecule has 0 saturated heterocycles. The van der Waals surface area contributed by atoms with Crippen molar-refractivity contribution in [3.63, 3.8) is 0 Å². The Hall–Kier alpha value is -1.76. The van der Waals surface area contributed by atoms with Crippen molar-refractivity contribution in [2.45, 2.75) is 31.6 Å². The maximum Gasteiger partial charge on any atom is 0.401 e. The highest BCUT2D eigenvalue weighted by molar-refractivity contribution is 5.95. The second-order valence-corrected chi connectivity index (χ2v) is 5.19. The molecule has 1 fully saturated rings. The van der Waals surface area contributed by atoms with Gasteiger partial charge in [-0.1, -0.05) is 0 Å². The van der Waals surface area contributed by atoms with E-state index in [0.717, 1.165) is 12.8 Å². The molecule has 2 rings (SSSR count). The van der Waals surface area contributed by atoms with Crippen molar-refractivity contribution in [3.8, 4) is 5.75 Å². The molecule has 21 heavy (non-hydrogen) atoms. The van der Waals surface area contributed by atoms with Gasteiger partial charge in [0.2, 0.25) is 0 Å². The molecule has 0 aliphatic heterocycles. The van der Waals surface area contributed by atoms with Crippen LogP contribution in [0.15, 0.2) is 18.2 Å². The summed E-state index contributed by atoms with van der Waals surface area (Å²) in [4.78, 5) is 1.40. The summed E-state index contributed by atoms with van der Waals surface area (Å²) in [5.74, 6) is 0.389. The zero-order valence-electron chi connectivity index (χ0n) is 11.7. The zero-order chi connectivity index (χ0) is 15.6. The zero-order valence-corrected chi connectivity index (χ0v) is 11.7. The van der Waals surface area contributed by atoms with Crippen molar-refractivity contribution >= 4 is 5.84 Å². The number of hydrogen-bond donors (Lipinski definition) is 2. The minimum absolute atomic E-state index is 0.0303. The van der Waals surface area contributed by atoms with Gasteiger partial charge in [0.1, 0.15) is 11.6 Å². The molecule has 0 spiro atoms. The summed E-state index contributed by atoms with van der Waals surface area (Å²) >= 11 is 0. The number of halogens is 3. The van der Waals surface area contributed by atoms with Gasteiger partial charge in [-0.05, 0) is 31.0 Å². The van der Waals surface area contributed by atoms with Crippen LogP contribution in [-0.4, -0.2) is 36.6 Å². The summed E-state index contributed by atoms with van der Waals surface area (Å²) in [6.07, 6.45) is -2.66. The summed E-state index contributed by atoms with van der Waals surface area (Å²) in [7, 11) is 1.47. The third kappa shape index (κ3) is 4.35. The predicted octanol–water partition coefficient (Wildman–Crippen LogP) is 2.51. The van der Waals surface area contributed by atoms with Gasteiger partial charge in [0.25, 0.3) is 0 Å². The summed E-state index contributed by atoms with van der Waals surface area (Å²) < 4.78 is 43.2. The average molecular weight is 301 g/mol. The Morgan fingerprint density at radius 2 is 2.10 bits per heavy atom. The van der Waals surface area contributed by atoms with Gasteiger partial charge < -0.3 is 10.5 Å². The molecule has 0 atom stereocenters. The number of nitrogens with zero attached hydrogens (tertiary/aromatic N) is 1. The molecule has 1 aliphatic carbocycles. The number of nitrogens with one attached hydrogen (secondary N) is 1. The van der Waals surface area contributed by atoms with Crippen molar-refractivity contribution in [2.75, 3.05) is 13.7 Å². The lowest BCUT2D eigenvalue weighted by atomic mass is 10.1. The molecule has 1 saturated carbocycles. The van der Waals surface area contributed by atoms with Crippen molar-refractivity contribution in [1.29, 1.82) is 5.41 Å². The molecule has 0 amide bonds. The Morgan fingerprint density at radius 3 is 2.57 bits per heavy atom. The van der Waals surface area contributed by atoms with Crippen LogP contribution in [0.1, 0.15) is 24.0 Å². The third-order valence-corrected chi connectivity index (χ3v) is 3.41. The molecule has 0 heterocycles. The smallest absolute Gasteiger partial charge is 0.401 e. The number of benzene rings is 1. The molecular weight excluding hydrogens is 283 g/mol. The number of hydrogen-bond acceptors (Lipinski definition) is 3. The van der Waals surface area contributed by atoms with E-state index >= 15 is 0 Å². The first-order valence-electron chi connectivity index (χ1n) is 6.62. The van der Waals surface area contributed by atoms with Crippen LogP contribution in [0.4, 0.5) is 13.2 Å². The highest BCUT2D eigenvalue weighted by Gasteiger charge is 2.38. The fourth-order valence-electron chi connectivity index (χ4n) is 2.27. The van der Waals surface area contributed by atoms with Gasteiger partial charge in [-0.3, -0.25) is 10.3 Å². The molecule has 0 aromatic heterocycles. The average Bonchev–Trinajstić information content (AvgIpc) is 3.20. The number of rotatable bonds is 6. The standard InChI is InChI=1S/C14H18F3N3O/c1-21-12-5-2-9(13(18)19)6-10(12)7-20(11-3-4-11)8-14(15,16)17/h2,5-6,11H,3-4,7-8H2,1H3,(H3,18,19). The van der Waals surface area contributed by atoms with Crippen LogP contribution in [0.25, 0.3) is 0 Å². The Balaban J connectivity index is 2.22. The van der Waals surface area contributed by atoms with E-state index in [1.807, 2.05) is 0 Å². The van der Waals surface area contributed by atoms with Gasteiger partial charge in [-0.25, -0.2) is 0 Å². The number of methoxy groups -OCH3 is 1. The minimum Gasteiger partial charge on any atom is -0.496 e. The Morgan fingerprint density at radius 1 is 1.43 bits per heavy atom. The van der Waals surface area contributed by atoms with Crippen LogP contribution in [0.3, 0.4) is 0 Å². The summed E-state index contributed by atoms with van der Waals surface area (Å²) in [5, 5.41) is 7.43. The lowest BCUT2D eigenvalue weighted by Gasteiger charge is -2.24. The minimum atomic E-state index is -4.23. The summed E-state index contributed by atoms with van der Waals surface area (Å²) in [6, 6.07) is 4.84. The first-order chi connectivity index (χ1) is 9.80. The molecule has 1 aromatic rings. The van der Waals surface area contributed by atoms with Gasteiger partial charge in [0, 0.05) is 23.7 Å². The van der Waals surface area contributed by atoms with E-state index in [1.54, 1.807) is 18.2 Å². The normalized spacial score (nSPS) is 15.3. The lowest BCUT2D eigenvalue weighted by molar-refractivity contribution is -0.148. The van der Waals surface area contributed by atoms with Crippen LogP contribution in [-0.2, 0) is 6.54 Å².